The highest BCUT2D eigenvalue weighted by Crippen LogP contribution is 2.39. The third kappa shape index (κ3) is 3.67. The van der Waals surface area contributed by atoms with Crippen molar-refractivity contribution in [3.8, 4) is 0 Å². The lowest BCUT2D eigenvalue weighted by atomic mass is 9.78. The number of hydrogen-bond acceptors (Lipinski definition) is 5. The average molecular weight is 332 g/mol. The van der Waals surface area contributed by atoms with Gasteiger partial charge in [-0.2, -0.15) is 0 Å². The van der Waals surface area contributed by atoms with Crippen molar-refractivity contribution < 1.29 is 9.53 Å². The van der Waals surface area contributed by atoms with Crippen LogP contribution < -0.4 is 10.9 Å². The summed E-state index contributed by atoms with van der Waals surface area (Å²) in [5, 5.41) is 3.09. The maximum absolute atomic E-state index is 12.1. The van der Waals surface area contributed by atoms with Crippen LogP contribution in [0.5, 0.6) is 0 Å². The van der Waals surface area contributed by atoms with Crippen LogP contribution in [0.2, 0.25) is 0 Å². The molecule has 7 heteroatoms. The van der Waals surface area contributed by atoms with Gasteiger partial charge in [0, 0.05) is 37.0 Å². The van der Waals surface area contributed by atoms with Crippen LogP contribution in [-0.4, -0.2) is 59.7 Å². The molecule has 7 nitrogen and oxygen atoms in total. The number of carbonyl (C=O) groups is 1. The average Bonchev–Trinajstić information content (AvgIpc) is 3.35. The summed E-state index contributed by atoms with van der Waals surface area (Å²) < 4.78 is 5.29. The van der Waals surface area contributed by atoms with Crippen LogP contribution >= 0.6 is 0 Å². The van der Waals surface area contributed by atoms with Gasteiger partial charge in [-0.25, -0.2) is 4.98 Å². The van der Waals surface area contributed by atoms with Gasteiger partial charge < -0.3 is 15.0 Å². The molecule has 130 valence electrons. The molecule has 0 radical (unpaired) electrons. The van der Waals surface area contributed by atoms with Crippen molar-refractivity contribution in [3.05, 3.63) is 27.9 Å². The summed E-state index contributed by atoms with van der Waals surface area (Å²) in [6.45, 7) is 3.50. The predicted octanol–water partition coefficient (Wildman–Crippen LogP) is 0.342. The number of aromatic amines is 1. The maximum atomic E-state index is 12.1. The van der Waals surface area contributed by atoms with Gasteiger partial charge in [0.25, 0.3) is 5.56 Å². The Morgan fingerprint density at radius 1 is 1.29 bits per heavy atom. The van der Waals surface area contributed by atoms with Crippen molar-refractivity contribution in [3.63, 3.8) is 0 Å². The number of ether oxygens (including phenoxy) is 1. The predicted molar refractivity (Wildman–Crippen MR) is 88.0 cm³/mol. The van der Waals surface area contributed by atoms with Crippen molar-refractivity contribution >= 4 is 5.91 Å². The molecule has 0 unspecified atom stereocenters. The van der Waals surface area contributed by atoms with Gasteiger partial charge in [0.2, 0.25) is 5.91 Å². The number of rotatable bonds is 5. The molecule has 2 saturated carbocycles. The van der Waals surface area contributed by atoms with Crippen molar-refractivity contribution in [1.29, 1.82) is 0 Å². The van der Waals surface area contributed by atoms with Crippen LogP contribution in [0.4, 0.5) is 0 Å². The van der Waals surface area contributed by atoms with Gasteiger partial charge >= 0.3 is 0 Å². The minimum absolute atomic E-state index is 0.0540. The summed E-state index contributed by atoms with van der Waals surface area (Å²) in [5.41, 5.74) is 0.834. The number of H-pyrrole nitrogens is 1. The van der Waals surface area contributed by atoms with E-state index in [2.05, 4.69) is 20.2 Å². The monoisotopic (exact) mass is 332 g/mol. The van der Waals surface area contributed by atoms with Gasteiger partial charge in [-0.15, -0.1) is 0 Å². The first-order chi connectivity index (χ1) is 11.7. The van der Waals surface area contributed by atoms with E-state index >= 15 is 0 Å². The number of carbonyl (C=O) groups excluding carboxylic acids is 1. The normalized spacial score (nSPS) is 27.5. The van der Waals surface area contributed by atoms with E-state index in [0.717, 1.165) is 50.3 Å². The zero-order valence-electron chi connectivity index (χ0n) is 13.8. The van der Waals surface area contributed by atoms with E-state index in [-0.39, 0.29) is 17.5 Å². The summed E-state index contributed by atoms with van der Waals surface area (Å²) in [5.74, 6) is 1.66. The molecule has 1 aliphatic heterocycles. The molecule has 1 saturated heterocycles. The van der Waals surface area contributed by atoms with Gasteiger partial charge in [-0.1, -0.05) is 0 Å². The summed E-state index contributed by atoms with van der Waals surface area (Å²) in [6, 6.07) is 1.82. The molecule has 0 bridgehead atoms. The molecule has 0 aromatic carbocycles. The number of nitrogens with one attached hydrogen (secondary N) is 2. The molecular weight excluding hydrogens is 308 g/mol. The van der Waals surface area contributed by atoms with Gasteiger partial charge in [0.1, 0.15) is 5.82 Å². The zero-order valence-corrected chi connectivity index (χ0v) is 13.8. The number of amides is 1. The fraction of sp³-hybridized carbons (Fsp3) is 0.706. The van der Waals surface area contributed by atoms with Crippen LogP contribution in [0.1, 0.15) is 49.0 Å². The number of morpholine rings is 1. The third-order valence-electron chi connectivity index (χ3n) is 5.14. The van der Waals surface area contributed by atoms with Crippen molar-refractivity contribution in [2.75, 3.05) is 32.8 Å². The Balaban J connectivity index is 1.27. The molecule has 3 fully saturated rings. The molecule has 24 heavy (non-hydrogen) atoms. The molecule has 2 aliphatic carbocycles. The Morgan fingerprint density at radius 2 is 2.04 bits per heavy atom. The standard InChI is InChI=1S/C17H24N4O3/c22-15-9-14(19-17(20-15)11-1-2-11)12-7-13(8-12)18-16(23)10-21-3-5-24-6-4-21/h9,11-13H,1-8,10H2,(H,18,23)(H,19,20,22). The molecule has 1 aromatic heterocycles. The molecule has 0 atom stereocenters. The van der Waals surface area contributed by atoms with E-state index in [1.54, 1.807) is 6.07 Å². The number of hydrogen-bond donors (Lipinski definition) is 2. The Kier molecular flexibility index (Phi) is 4.37. The summed E-state index contributed by atoms with van der Waals surface area (Å²) in [4.78, 5) is 33.5. The van der Waals surface area contributed by atoms with E-state index in [1.807, 2.05) is 0 Å². The number of aromatic nitrogens is 2. The second-order valence-corrected chi connectivity index (χ2v) is 7.15. The van der Waals surface area contributed by atoms with Crippen molar-refractivity contribution in [2.45, 2.75) is 43.6 Å². The maximum Gasteiger partial charge on any atom is 0.251 e. The molecule has 1 aromatic rings. The second-order valence-electron chi connectivity index (χ2n) is 7.15. The Labute approximate surface area is 140 Å². The first kappa shape index (κ1) is 15.8. The van der Waals surface area contributed by atoms with Crippen LogP contribution in [-0.2, 0) is 9.53 Å². The fourth-order valence-electron chi connectivity index (χ4n) is 3.47. The van der Waals surface area contributed by atoms with Gasteiger partial charge in [-0.05, 0) is 25.7 Å². The highest BCUT2D eigenvalue weighted by atomic mass is 16.5. The van der Waals surface area contributed by atoms with Crippen molar-refractivity contribution in [2.24, 2.45) is 0 Å². The lowest BCUT2D eigenvalue weighted by molar-refractivity contribution is -0.124. The van der Waals surface area contributed by atoms with E-state index in [1.165, 1.54) is 0 Å². The molecule has 4 rings (SSSR count). The Morgan fingerprint density at radius 3 is 2.75 bits per heavy atom. The molecule has 2 N–H and O–H groups in total. The highest BCUT2D eigenvalue weighted by molar-refractivity contribution is 5.78. The smallest absolute Gasteiger partial charge is 0.251 e. The minimum Gasteiger partial charge on any atom is -0.379 e. The molecule has 2 heterocycles. The fourth-order valence-corrected chi connectivity index (χ4v) is 3.47. The van der Waals surface area contributed by atoms with Gasteiger partial charge in [0.15, 0.2) is 0 Å². The van der Waals surface area contributed by atoms with Crippen LogP contribution in [0.25, 0.3) is 0 Å². The van der Waals surface area contributed by atoms with E-state index in [0.29, 0.717) is 31.6 Å². The first-order valence-corrected chi connectivity index (χ1v) is 8.88. The zero-order chi connectivity index (χ0) is 16.5. The van der Waals surface area contributed by atoms with Gasteiger partial charge in [-0.3, -0.25) is 14.5 Å². The number of nitrogens with zero attached hydrogens (tertiary/aromatic N) is 2. The van der Waals surface area contributed by atoms with E-state index in [9.17, 15) is 9.59 Å². The molecular formula is C17H24N4O3. The summed E-state index contributed by atoms with van der Waals surface area (Å²) in [6.07, 6.45) is 3.99. The Hall–Kier alpha value is -1.73. The quantitative estimate of drug-likeness (QED) is 0.812. The summed E-state index contributed by atoms with van der Waals surface area (Å²) in [7, 11) is 0. The lowest BCUT2D eigenvalue weighted by Gasteiger charge is -2.36. The highest BCUT2D eigenvalue weighted by Gasteiger charge is 2.34. The molecule has 0 spiro atoms. The largest absolute Gasteiger partial charge is 0.379 e. The Bertz CT molecular complexity index is 658. The minimum atomic E-state index is -0.0540. The summed E-state index contributed by atoms with van der Waals surface area (Å²) >= 11 is 0. The van der Waals surface area contributed by atoms with Crippen LogP contribution in [0.3, 0.4) is 0 Å². The van der Waals surface area contributed by atoms with Crippen molar-refractivity contribution in [1.82, 2.24) is 20.2 Å². The second kappa shape index (κ2) is 6.64. The molecule has 1 amide bonds. The van der Waals surface area contributed by atoms with Gasteiger partial charge in [0.05, 0.1) is 25.5 Å². The SMILES string of the molecule is O=C(CN1CCOCC1)NC1CC(c2cc(=O)[nH]c(C3CC3)n2)C1. The third-order valence-corrected chi connectivity index (χ3v) is 5.14. The van der Waals surface area contributed by atoms with E-state index in [4.69, 9.17) is 4.74 Å². The molecule has 3 aliphatic rings. The van der Waals surface area contributed by atoms with Crippen LogP contribution in [0, 0.1) is 0 Å². The topological polar surface area (TPSA) is 87.3 Å². The first-order valence-electron chi connectivity index (χ1n) is 8.88. The lowest BCUT2D eigenvalue weighted by Crippen LogP contribution is -2.49. The van der Waals surface area contributed by atoms with Crippen LogP contribution in [0.15, 0.2) is 10.9 Å². The van der Waals surface area contributed by atoms with E-state index < -0.39 is 0 Å².